The number of ether oxygens (including phenoxy) is 1. The minimum absolute atomic E-state index is 0.00393. The van der Waals surface area contributed by atoms with Crippen LogP contribution < -0.4 is 10.1 Å². The minimum atomic E-state index is 0.00393. The van der Waals surface area contributed by atoms with Crippen molar-refractivity contribution in [1.29, 1.82) is 0 Å². The molecule has 0 spiro atoms. The Morgan fingerprint density at radius 3 is 2.39 bits per heavy atom. The van der Waals surface area contributed by atoms with Gasteiger partial charge in [0.25, 0.3) is 0 Å². The van der Waals surface area contributed by atoms with Crippen molar-refractivity contribution < 1.29 is 9.84 Å². The molecule has 3 nitrogen and oxygen atoms in total. The molecule has 0 saturated heterocycles. The monoisotopic (exact) mass is 251 g/mol. The second-order valence-electron chi connectivity index (χ2n) is 4.63. The zero-order chi connectivity index (χ0) is 13.4. The van der Waals surface area contributed by atoms with Gasteiger partial charge in [-0.1, -0.05) is 32.9 Å². The highest BCUT2D eigenvalue weighted by molar-refractivity contribution is 5.29. The van der Waals surface area contributed by atoms with Gasteiger partial charge >= 0.3 is 0 Å². The predicted octanol–water partition coefficient (Wildman–Crippen LogP) is 2.55. The molecule has 2 atom stereocenters. The summed E-state index contributed by atoms with van der Waals surface area (Å²) < 4.78 is 5.66. The van der Waals surface area contributed by atoms with Gasteiger partial charge in [0.2, 0.25) is 0 Å². The summed E-state index contributed by atoms with van der Waals surface area (Å²) in [6, 6.07) is 8.24. The van der Waals surface area contributed by atoms with E-state index in [1.54, 1.807) is 0 Å². The molecule has 1 rings (SSSR count). The molecular formula is C15H25NO2. The van der Waals surface area contributed by atoms with Crippen LogP contribution in [-0.4, -0.2) is 30.9 Å². The third-order valence-electron chi connectivity index (χ3n) is 3.23. The predicted molar refractivity (Wildman–Crippen MR) is 75.2 cm³/mol. The quantitative estimate of drug-likeness (QED) is 0.746. The van der Waals surface area contributed by atoms with Crippen molar-refractivity contribution in [3.05, 3.63) is 29.8 Å². The average molecular weight is 251 g/mol. The van der Waals surface area contributed by atoms with Crippen LogP contribution in [0, 0.1) is 0 Å². The lowest BCUT2D eigenvalue weighted by atomic mass is 9.99. The molecule has 0 saturated carbocycles. The summed E-state index contributed by atoms with van der Waals surface area (Å²) in [7, 11) is 0. The van der Waals surface area contributed by atoms with E-state index in [1.807, 2.05) is 19.1 Å². The SMILES string of the molecule is CCNC(CO)COc1ccc(C(C)CC)cc1. The third-order valence-corrected chi connectivity index (χ3v) is 3.23. The fraction of sp³-hybridized carbons (Fsp3) is 0.600. The molecule has 102 valence electrons. The first-order valence-corrected chi connectivity index (χ1v) is 6.78. The van der Waals surface area contributed by atoms with Gasteiger partial charge in [0, 0.05) is 0 Å². The summed E-state index contributed by atoms with van der Waals surface area (Å²) >= 11 is 0. The van der Waals surface area contributed by atoms with Crippen LogP contribution in [0.5, 0.6) is 5.75 Å². The summed E-state index contributed by atoms with van der Waals surface area (Å²) in [4.78, 5) is 0. The van der Waals surface area contributed by atoms with E-state index in [2.05, 4.69) is 31.3 Å². The Bertz CT molecular complexity index is 324. The van der Waals surface area contributed by atoms with Gasteiger partial charge in [0.1, 0.15) is 12.4 Å². The lowest BCUT2D eigenvalue weighted by Gasteiger charge is -2.16. The molecule has 0 aliphatic carbocycles. The number of likely N-dealkylation sites (N-methyl/N-ethyl adjacent to an activating group) is 1. The van der Waals surface area contributed by atoms with Crippen molar-refractivity contribution in [2.75, 3.05) is 19.8 Å². The second-order valence-corrected chi connectivity index (χ2v) is 4.63. The zero-order valence-corrected chi connectivity index (χ0v) is 11.6. The summed E-state index contributed by atoms with van der Waals surface area (Å²) in [6.07, 6.45) is 1.15. The Balaban J connectivity index is 2.48. The van der Waals surface area contributed by atoms with E-state index in [9.17, 15) is 0 Å². The molecule has 0 aromatic heterocycles. The van der Waals surface area contributed by atoms with Crippen LogP contribution in [0.25, 0.3) is 0 Å². The number of hydrogen-bond acceptors (Lipinski definition) is 3. The third kappa shape index (κ3) is 4.67. The average Bonchev–Trinajstić information content (AvgIpc) is 2.43. The maximum atomic E-state index is 9.14. The topological polar surface area (TPSA) is 41.5 Å². The van der Waals surface area contributed by atoms with Gasteiger partial charge in [-0.2, -0.15) is 0 Å². The molecule has 0 fully saturated rings. The van der Waals surface area contributed by atoms with Crippen molar-refractivity contribution in [1.82, 2.24) is 5.32 Å². The highest BCUT2D eigenvalue weighted by Gasteiger charge is 2.07. The Morgan fingerprint density at radius 2 is 1.89 bits per heavy atom. The Morgan fingerprint density at radius 1 is 1.22 bits per heavy atom. The van der Waals surface area contributed by atoms with E-state index in [1.165, 1.54) is 5.56 Å². The van der Waals surface area contributed by atoms with Gasteiger partial charge in [0.15, 0.2) is 0 Å². The van der Waals surface area contributed by atoms with Gasteiger partial charge in [-0.3, -0.25) is 0 Å². The van der Waals surface area contributed by atoms with Crippen molar-refractivity contribution >= 4 is 0 Å². The minimum Gasteiger partial charge on any atom is -0.492 e. The van der Waals surface area contributed by atoms with Crippen LogP contribution in [0.2, 0.25) is 0 Å². The summed E-state index contributed by atoms with van der Waals surface area (Å²) in [5, 5.41) is 12.3. The van der Waals surface area contributed by atoms with E-state index < -0.39 is 0 Å². The van der Waals surface area contributed by atoms with E-state index >= 15 is 0 Å². The van der Waals surface area contributed by atoms with Crippen LogP contribution in [0.3, 0.4) is 0 Å². The van der Waals surface area contributed by atoms with Gasteiger partial charge in [-0.25, -0.2) is 0 Å². The molecule has 0 amide bonds. The summed E-state index contributed by atoms with van der Waals surface area (Å²) in [5.41, 5.74) is 1.34. The Kier molecular flexibility index (Phi) is 6.76. The molecule has 0 aliphatic rings. The van der Waals surface area contributed by atoms with Crippen molar-refractivity contribution in [2.24, 2.45) is 0 Å². The molecule has 1 aromatic rings. The highest BCUT2D eigenvalue weighted by atomic mass is 16.5. The number of benzene rings is 1. The van der Waals surface area contributed by atoms with E-state index in [-0.39, 0.29) is 12.6 Å². The largest absolute Gasteiger partial charge is 0.492 e. The molecule has 2 N–H and O–H groups in total. The number of aliphatic hydroxyl groups is 1. The molecular weight excluding hydrogens is 226 g/mol. The van der Waals surface area contributed by atoms with Gasteiger partial charge in [-0.15, -0.1) is 0 Å². The van der Waals surface area contributed by atoms with Crippen LogP contribution in [-0.2, 0) is 0 Å². The van der Waals surface area contributed by atoms with E-state index in [0.29, 0.717) is 12.5 Å². The molecule has 0 radical (unpaired) electrons. The molecule has 3 heteroatoms. The molecule has 2 unspecified atom stereocenters. The molecule has 18 heavy (non-hydrogen) atoms. The summed E-state index contributed by atoms with van der Waals surface area (Å²) in [6.45, 7) is 7.86. The van der Waals surface area contributed by atoms with Gasteiger partial charge in [0.05, 0.1) is 12.6 Å². The Hall–Kier alpha value is -1.06. The van der Waals surface area contributed by atoms with Gasteiger partial charge in [-0.05, 0) is 36.6 Å². The van der Waals surface area contributed by atoms with E-state index in [4.69, 9.17) is 9.84 Å². The first-order valence-electron chi connectivity index (χ1n) is 6.78. The van der Waals surface area contributed by atoms with Crippen LogP contribution in [0.15, 0.2) is 24.3 Å². The normalized spacial score (nSPS) is 14.2. The second kappa shape index (κ2) is 8.11. The fourth-order valence-corrected chi connectivity index (χ4v) is 1.79. The van der Waals surface area contributed by atoms with Gasteiger partial charge < -0.3 is 15.2 Å². The van der Waals surface area contributed by atoms with Crippen LogP contribution in [0.4, 0.5) is 0 Å². The number of aliphatic hydroxyl groups excluding tert-OH is 1. The number of hydrogen-bond donors (Lipinski definition) is 2. The number of rotatable bonds is 8. The van der Waals surface area contributed by atoms with Crippen molar-refractivity contribution in [3.8, 4) is 5.75 Å². The lowest BCUT2D eigenvalue weighted by Crippen LogP contribution is -2.37. The standard InChI is InChI=1S/C15H25NO2/c1-4-12(3)13-6-8-15(9-7-13)18-11-14(10-17)16-5-2/h6-9,12,14,16-17H,4-5,10-11H2,1-3H3. The van der Waals surface area contributed by atoms with Crippen LogP contribution >= 0.6 is 0 Å². The smallest absolute Gasteiger partial charge is 0.119 e. The first kappa shape index (κ1) is 15.0. The maximum Gasteiger partial charge on any atom is 0.119 e. The molecule has 0 heterocycles. The maximum absolute atomic E-state index is 9.14. The van der Waals surface area contributed by atoms with Crippen LogP contribution in [0.1, 0.15) is 38.7 Å². The first-order chi connectivity index (χ1) is 8.71. The lowest BCUT2D eigenvalue weighted by molar-refractivity contribution is 0.184. The Labute approximate surface area is 110 Å². The molecule has 0 aliphatic heterocycles. The van der Waals surface area contributed by atoms with E-state index in [0.717, 1.165) is 18.7 Å². The van der Waals surface area contributed by atoms with Crippen molar-refractivity contribution in [3.63, 3.8) is 0 Å². The number of nitrogens with one attached hydrogen (secondary N) is 1. The molecule has 0 bridgehead atoms. The zero-order valence-electron chi connectivity index (χ0n) is 11.6. The highest BCUT2D eigenvalue weighted by Crippen LogP contribution is 2.21. The van der Waals surface area contributed by atoms with Crippen molar-refractivity contribution in [2.45, 2.75) is 39.2 Å². The fourth-order valence-electron chi connectivity index (χ4n) is 1.79. The summed E-state index contributed by atoms with van der Waals surface area (Å²) in [5.74, 6) is 1.45. The molecule has 1 aromatic carbocycles.